The second-order valence-corrected chi connectivity index (χ2v) is 8.09. The standard InChI is InChI=1S/C17H31N3O5/c1-16(2,3)24-14(21)18-12-9-8-11(20-23-7)10-13(12)19-15(22)25-17(4,5)6/h12-13H,8-10H2,1-7H3,(H,18,21)(H,19,22)/b20-11-/t12-,13+/m0/s1. The third-order valence-corrected chi connectivity index (χ3v) is 3.31. The lowest BCUT2D eigenvalue weighted by Gasteiger charge is -2.34. The van der Waals surface area contributed by atoms with Gasteiger partial charge < -0.3 is 24.9 Å². The highest BCUT2D eigenvalue weighted by Gasteiger charge is 2.33. The van der Waals surface area contributed by atoms with Gasteiger partial charge in [0.25, 0.3) is 0 Å². The fourth-order valence-electron chi connectivity index (χ4n) is 2.48. The first kappa shape index (κ1) is 21.1. The molecule has 1 rings (SSSR count). The Balaban J connectivity index is 2.77. The van der Waals surface area contributed by atoms with Crippen molar-refractivity contribution < 1.29 is 23.9 Å². The number of carbonyl (C=O) groups excluding carboxylic acids is 2. The van der Waals surface area contributed by atoms with Crippen molar-refractivity contribution in [2.45, 2.75) is 84.1 Å². The van der Waals surface area contributed by atoms with Crippen LogP contribution in [-0.2, 0) is 14.3 Å². The summed E-state index contributed by atoms with van der Waals surface area (Å²) in [7, 11) is 1.48. The number of oxime groups is 1. The minimum atomic E-state index is -0.601. The maximum Gasteiger partial charge on any atom is 0.407 e. The molecule has 1 aliphatic rings. The van der Waals surface area contributed by atoms with E-state index in [2.05, 4.69) is 15.8 Å². The Hall–Kier alpha value is -1.99. The van der Waals surface area contributed by atoms with Crippen molar-refractivity contribution in [1.82, 2.24) is 10.6 Å². The molecule has 8 nitrogen and oxygen atoms in total. The molecule has 1 saturated carbocycles. The van der Waals surface area contributed by atoms with Crippen LogP contribution in [0.2, 0.25) is 0 Å². The zero-order chi connectivity index (χ0) is 19.3. The quantitative estimate of drug-likeness (QED) is 0.757. The number of amides is 2. The second-order valence-electron chi connectivity index (χ2n) is 8.09. The van der Waals surface area contributed by atoms with Crippen molar-refractivity contribution in [3.8, 4) is 0 Å². The lowest BCUT2D eigenvalue weighted by atomic mass is 9.89. The van der Waals surface area contributed by atoms with Gasteiger partial charge in [0.2, 0.25) is 0 Å². The Morgan fingerprint density at radius 3 is 1.88 bits per heavy atom. The normalized spacial score (nSPS) is 22.9. The molecular weight excluding hydrogens is 326 g/mol. The molecule has 0 radical (unpaired) electrons. The van der Waals surface area contributed by atoms with Gasteiger partial charge in [-0.25, -0.2) is 9.59 Å². The number of nitrogens with zero attached hydrogens (tertiary/aromatic N) is 1. The lowest BCUT2D eigenvalue weighted by Crippen LogP contribution is -2.56. The van der Waals surface area contributed by atoms with Gasteiger partial charge in [0.1, 0.15) is 18.3 Å². The van der Waals surface area contributed by atoms with E-state index >= 15 is 0 Å². The predicted octanol–water partition coefficient (Wildman–Crippen LogP) is 2.96. The Morgan fingerprint density at radius 2 is 1.44 bits per heavy atom. The summed E-state index contributed by atoms with van der Waals surface area (Å²) in [4.78, 5) is 29.0. The highest BCUT2D eigenvalue weighted by molar-refractivity contribution is 5.86. The van der Waals surface area contributed by atoms with Crippen LogP contribution in [0.4, 0.5) is 9.59 Å². The Morgan fingerprint density at radius 1 is 0.960 bits per heavy atom. The highest BCUT2D eigenvalue weighted by atomic mass is 16.6. The molecule has 1 aliphatic carbocycles. The van der Waals surface area contributed by atoms with E-state index in [0.717, 1.165) is 5.71 Å². The van der Waals surface area contributed by atoms with Gasteiger partial charge in [0.05, 0.1) is 17.8 Å². The van der Waals surface area contributed by atoms with Crippen LogP contribution in [-0.4, -0.2) is 48.3 Å². The van der Waals surface area contributed by atoms with E-state index in [1.165, 1.54) is 7.11 Å². The molecular formula is C17H31N3O5. The number of ether oxygens (including phenoxy) is 2. The second kappa shape index (κ2) is 8.40. The maximum absolute atomic E-state index is 12.1. The summed E-state index contributed by atoms with van der Waals surface area (Å²) >= 11 is 0. The van der Waals surface area contributed by atoms with Gasteiger partial charge in [-0.3, -0.25) is 0 Å². The number of hydrogen-bond donors (Lipinski definition) is 2. The number of rotatable bonds is 3. The predicted molar refractivity (Wildman–Crippen MR) is 94.6 cm³/mol. The molecule has 2 atom stereocenters. The molecule has 0 bridgehead atoms. The van der Waals surface area contributed by atoms with Crippen LogP contribution in [0.15, 0.2) is 5.16 Å². The number of carbonyl (C=O) groups is 2. The summed E-state index contributed by atoms with van der Waals surface area (Å²) in [6, 6.07) is -0.636. The third-order valence-electron chi connectivity index (χ3n) is 3.31. The van der Waals surface area contributed by atoms with Crippen LogP contribution in [0.1, 0.15) is 60.8 Å². The van der Waals surface area contributed by atoms with Crippen molar-refractivity contribution in [1.29, 1.82) is 0 Å². The molecule has 0 unspecified atom stereocenters. The lowest BCUT2D eigenvalue weighted by molar-refractivity contribution is 0.0423. The van der Waals surface area contributed by atoms with Gasteiger partial charge in [-0.1, -0.05) is 5.16 Å². The van der Waals surface area contributed by atoms with E-state index in [9.17, 15) is 9.59 Å². The molecule has 0 aromatic carbocycles. The summed E-state index contributed by atoms with van der Waals surface area (Å²) in [6.45, 7) is 10.8. The number of alkyl carbamates (subject to hydrolysis) is 2. The van der Waals surface area contributed by atoms with E-state index in [1.54, 1.807) is 41.5 Å². The molecule has 0 aliphatic heterocycles. The summed E-state index contributed by atoms with van der Waals surface area (Å²) in [6.07, 6.45) is 0.698. The Kier molecular flexibility index (Phi) is 7.07. The first-order chi connectivity index (χ1) is 11.4. The molecule has 0 aromatic rings. The monoisotopic (exact) mass is 357 g/mol. The summed E-state index contributed by atoms with van der Waals surface area (Å²) in [5, 5.41) is 9.61. The van der Waals surface area contributed by atoms with Gasteiger partial charge in [-0.15, -0.1) is 0 Å². The average molecular weight is 357 g/mol. The molecule has 144 valence electrons. The van der Waals surface area contributed by atoms with Crippen molar-refractivity contribution >= 4 is 17.9 Å². The zero-order valence-corrected chi connectivity index (χ0v) is 16.3. The van der Waals surface area contributed by atoms with Crippen LogP contribution in [0.25, 0.3) is 0 Å². The molecule has 2 amide bonds. The van der Waals surface area contributed by atoms with Crippen molar-refractivity contribution in [2.75, 3.05) is 7.11 Å². The summed E-state index contributed by atoms with van der Waals surface area (Å²) < 4.78 is 10.6. The van der Waals surface area contributed by atoms with Crippen LogP contribution in [0.3, 0.4) is 0 Å². The average Bonchev–Trinajstić information content (AvgIpc) is 2.37. The molecule has 0 heterocycles. The molecule has 0 saturated heterocycles. The van der Waals surface area contributed by atoms with Gasteiger partial charge >= 0.3 is 12.2 Å². The first-order valence-corrected chi connectivity index (χ1v) is 8.47. The van der Waals surface area contributed by atoms with Crippen LogP contribution in [0.5, 0.6) is 0 Å². The molecule has 0 aromatic heterocycles. The van der Waals surface area contributed by atoms with E-state index in [4.69, 9.17) is 14.3 Å². The van der Waals surface area contributed by atoms with Gasteiger partial charge in [0, 0.05) is 6.42 Å². The maximum atomic E-state index is 12.1. The molecule has 0 spiro atoms. The van der Waals surface area contributed by atoms with Crippen LogP contribution in [0, 0.1) is 0 Å². The van der Waals surface area contributed by atoms with Crippen molar-refractivity contribution in [3.63, 3.8) is 0 Å². The molecule has 1 fully saturated rings. The van der Waals surface area contributed by atoms with Crippen LogP contribution >= 0.6 is 0 Å². The van der Waals surface area contributed by atoms with Gasteiger partial charge in [0.15, 0.2) is 0 Å². The number of nitrogens with one attached hydrogen (secondary N) is 2. The minimum Gasteiger partial charge on any atom is -0.444 e. The first-order valence-electron chi connectivity index (χ1n) is 8.47. The minimum absolute atomic E-state index is 0.279. The van der Waals surface area contributed by atoms with Crippen LogP contribution < -0.4 is 10.6 Å². The largest absolute Gasteiger partial charge is 0.444 e. The third kappa shape index (κ3) is 8.60. The topological polar surface area (TPSA) is 98.3 Å². The SMILES string of the molecule is CO/N=C1/CC[C@H](NC(=O)OC(C)(C)C)[C@H](NC(=O)OC(C)(C)C)C1. The van der Waals surface area contributed by atoms with E-state index in [0.29, 0.717) is 19.3 Å². The van der Waals surface area contributed by atoms with Crippen molar-refractivity contribution in [2.24, 2.45) is 5.16 Å². The van der Waals surface area contributed by atoms with E-state index in [-0.39, 0.29) is 12.1 Å². The smallest absolute Gasteiger partial charge is 0.407 e. The van der Waals surface area contributed by atoms with E-state index < -0.39 is 23.4 Å². The molecule has 8 heteroatoms. The molecule has 25 heavy (non-hydrogen) atoms. The fourth-order valence-corrected chi connectivity index (χ4v) is 2.48. The zero-order valence-electron chi connectivity index (χ0n) is 16.3. The van der Waals surface area contributed by atoms with Gasteiger partial charge in [-0.2, -0.15) is 0 Å². The highest BCUT2D eigenvalue weighted by Crippen LogP contribution is 2.19. The fraction of sp³-hybridized carbons (Fsp3) is 0.824. The summed E-state index contributed by atoms with van der Waals surface area (Å²) in [5.41, 5.74) is -0.364. The summed E-state index contributed by atoms with van der Waals surface area (Å²) in [5.74, 6) is 0. The number of hydrogen-bond acceptors (Lipinski definition) is 6. The Labute approximate surface area is 149 Å². The molecule has 2 N–H and O–H groups in total. The van der Waals surface area contributed by atoms with Gasteiger partial charge in [-0.05, 0) is 54.4 Å². The van der Waals surface area contributed by atoms with Crippen molar-refractivity contribution in [3.05, 3.63) is 0 Å². The Bertz CT molecular complexity index is 505. The van der Waals surface area contributed by atoms with E-state index in [1.807, 2.05) is 0 Å².